The molecule has 0 aromatic heterocycles. The van der Waals surface area contributed by atoms with Gasteiger partial charge < -0.3 is 0 Å². The third kappa shape index (κ3) is 13.0. The van der Waals surface area contributed by atoms with E-state index < -0.39 is 0 Å². The number of benzene rings is 3. The van der Waals surface area contributed by atoms with E-state index in [1.54, 1.807) is 0 Å². The van der Waals surface area contributed by atoms with Crippen molar-refractivity contribution in [1.29, 1.82) is 0 Å². The van der Waals surface area contributed by atoms with Gasteiger partial charge in [0.05, 0.1) is 0 Å². The summed E-state index contributed by atoms with van der Waals surface area (Å²) in [7, 11) is 0. The predicted molar refractivity (Wildman–Crippen MR) is 119 cm³/mol. The second-order valence-electron chi connectivity index (χ2n) is 5.73. The van der Waals surface area contributed by atoms with E-state index in [0.717, 1.165) is 6.42 Å². The number of hydrogen-bond acceptors (Lipinski definition) is 0. The van der Waals surface area contributed by atoms with Gasteiger partial charge in [-0.3, -0.25) is 0 Å². The van der Waals surface area contributed by atoms with E-state index in [9.17, 15) is 0 Å². The zero-order valence-electron chi connectivity index (χ0n) is 17.3. The third-order valence-corrected chi connectivity index (χ3v) is 3.58. The maximum Gasteiger partial charge on any atom is -0.0281 e. The Morgan fingerprint density at radius 3 is 1.23 bits per heavy atom. The van der Waals surface area contributed by atoms with Gasteiger partial charge in [-0.05, 0) is 30.9 Å². The van der Waals surface area contributed by atoms with Crippen molar-refractivity contribution in [2.75, 3.05) is 0 Å². The fraction of sp³-hybridized carbons (Fsp3) is 0.308. The Morgan fingerprint density at radius 1 is 0.538 bits per heavy atom. The van der Waals surface area contributed by atoms with Gasteiger partial charge in [0.15, 0.2) is 0 Å². The lowest BCUT2D eigenvalue weighted by Crippen LogP contribution is -1.84. The summed E-state index contributed by atoms with van der Waals surface area (Å²) in [6, 6.07) is 31.2. The molecule has 0 heteroatoms. The molecular formula is C26H36. The molecular weight excluding hydrogens is 312 g/mol. The molecule has 3 aromatic carbocycles. The zero-order chi connectivity index (χ0) is 19.5. The van der Waals surface area contributed by atoms with Gasteiger partial charge in [0.25, 0.3) is 0 Å². The fourth-order valence-electron chi connectivity index (χ4n) is 2.15. The molecule has 0 saturated carbocycles. The van der Waals surface area contributed by atoms with Gasteiger partial charge in [0, 0.05) is 0 Å². The summed E-state index contributed by atoms with van der Waals surface area (Å²) in [6.45, 7) is 10.5. The molecule has 3 rings (SSSR count). The molecule has 0 N–H and O–H groups in total. The molecule has 3 aromatic rings. The minimum absolute atomic E-state index is 1.15. The minimum atomic E-state index is 1.15. The molecule has 0 aliphatic carbocycles. The van der Waals surface area contributed by atoms with Crippen LogP contribution in [0.4, 0.5) is 0 Å². The molecule has 140 valence electrons. The van der Waals surface area contributed by atoms with Crippen molar-refractivity contribution in [3.05, 3.63) is 108 Å². The van der Waals surface area contributed by atoms with E-state index in [2.05, 4.69) is 57.2 Å². The molecule has 0 bridgehead atoms. The standard InChI is InChI=1S/C11H16.C7H8.C6H6.C2H6/c1-3-5-11-8-6-10(4-2)7-9-11;1-7-5-3-2-4-6-7;1-2-4-6-5-3-1;1-2/h6-9H,3-5H2,1-2H3;2-6H,1H3;1-6H;1-2H3. The third-order valence-electron chi connectivity index (χ3n) is 3.58. The van der Waals surface area contributed by atoms with Gasteiger partial charge in [-0.15, -0.1) is 0 Å². The molecule has 0 aliphatic heterocycles. The minimum Gasteiger partial charge on any atom is -0.0683 e. The number of rotatable bonds is 3. The van der Waals surface area contributed by atoms with E-state index in [1.807, 2.05) is 68.4 Å². The molecule has 0 unspecified atom stereocenters. The maximum atomic E-state index is 2.24. The number of aryl methyl sites for hydroxylation is 3. The maximum absolute atomic E-state index is 2.24. The summed E-state index contributed by atoms with van der Waals surface area (Å²) in [6.07, 6.45) is 3.60. The van der Waals surface area contributed by atoms with E-state index >= 15 is 0 Å². The first-order chi connectivity index (χ1) is 12.8. The van der Waals surface area contributed by atoms with Crippen LogP contribution in [0.15, 0.2) is 91.0 Å². The van der Waals surface area contributed by atoms with Gasteiger partial charge in [-0.2, -0.15) is 0 Å². The van der Waals surface area contributed by atoms with Gasteiger partial charge in [-0.25, -0.2) is 0 Å². The van der Waals surface area contributed by atoms with Crippen LogP contribution in [0.3, 0.4) is 0 Å². The Bertz CT molecular complexity index is 583. The molecule has 0 nitrogen and oxygen atoms in total. The van der Waals surface area contributed by atoms with Crippen molar-refractivity contribution in [3.8, 4) is 0 Å². The quantitative estimate of drug-likeness (QED) is 0.451. The highest BCUT2D eigenvalue weighted by Gasteiger charge is 1.90. The molecule has 0 saturated heterocycles. The highest BCUT2D eigenvalue weighted by atomic mass is 14.0. The lowest BCUT2D eigenvalue weighted by atomic mass is 10.1. The first kappa shape index (κ1) is 23.7. The Labute approximate surface area is 161 Å². The second kappa shape index (κ2) is 17.5. The normalized spacial score (nSPS) is 8.65. The molecule has 0 amide bonds. The summed E-state index contributed by atoms with van der Waals surface area (Å²) in [4.78, 5) is 0. The molecule has 0 atom stereocenters. The molecule has 0 spiro atoms. The summed E-state index contributed by atoms with van der Waals surface area (Å²) in [5.41, 5.74) is 4.22. The fourth-order valence-corrected chi connectivity index (χ4v) is 2.15. The molecule has 26 heavy (non-hydrogen) atoms. The van der Waals surface area contributed by atoms with Crippen molar-refractivity contribution < 1.29 is 0 Å². The molecule has 0 heterocycles. The van der Waals surface area contributed by atoms with Crippen molar-refractivity contribution in [2.45, 2.75) is 53.9 Å². The van der Waals surface area contributed by atoms with Crippen molar-refractivity contribution in [3.63, 3.8) is 0 Å². The van der Waals surface area contributed by atoms with Crippen molar-refractivity contribution in [2.24, 2.45) is 0 Å². The van der Waals surface area contributed by atoms with Crippen LogP contribution in [0.5, 0.6) is 0 Å². The van der Waals surface area contributed by atoms with E-state index in [0.29, 0.717) is 0 Å². The summed E-state index contributed by atoms with van der Waals surface area (Å²) >= 11 is 0. The molecule has 0 radical (unpaired) electrons. The topological polar surface area (TPSA) is 0 Å². The van der Waals surface area contributed by atoms with Gasteiger partial charge in [-0.1, -0.05) is 131 Å². The highest BCUT2D eigenvalue weighted by Crippen LogP contribution is 2.06. The van der Waals surface area contributed by atoms with Crippen molar-refractivity contribution in [1.82, 2.24) is 0 Å². The van der Waals surface area contributed by atoms with Crippen molar-refractivity contribution >= 4 is 0 Å². The van der Waals surface area contributed by atoms with Crippen LogP contribution in [-0.4, -0.2) is 0 Å². The van der Waals surface area contributed by atoms with Crippen LogP contribution in [0.2, 0.25) is 0 Å². The van der Waals surface area contributed by atoms with Gasteiger partial charge in [0.2, 0.25) is 0 Å². The Morgan fingerprint density at radius 2 is 0.923 bits per heavy atom. The van der Waals surface area contributed by atoms with Gasteiger partial charge in [0.1, 0.15) is 0 Å². The van der Waals surface area contributed by atoms with Crippen LogP contribution in [-0.2, 0) is 12.8 Å². The van der Waals surface area contributed by atoms with E-state index in [4.69, 9.17) is 0 Å². The van der Waals surface area contributed by atoms with Crippen LogP contribution in [0.25, 0.3) is 0 Å². The Balaban J connectivity index is 0.000000361. The first-order valence-electron chi connectivity index (χ1n) is 9.85. The van der Waals surface area contributed by atoms with Crippen LogP contribution in [0, 0.1) is 6.92 Å². The summed E-state index contributed by atoms with van der Waals surface area (Å²) in [5, 5.41) is 0. The Hall–Kier alpha value is -2.34. The number of hydrogen-bond donors (Lipinski definition) is 0. The average molecular weight is 349 g/mol. The first-order valence-corrected chi connectivity index (χ1v) is 9.85. The monoisotopic (exact) mass is 348 g/mol. The smallest absolute Gasteiger partial charge is 0.0281 e. The lowest BCUT2D eigenvalue weighted by Gasteiger charge is -1.99. The van der Waals surface area contributed by atoms with Gasteiger partial charge >= 0.3 is 0 Å². The largest absolute Gasteiger partial charge is 0.0683 e. The van der Waals surface area contributed by atoms with Crippen LogP contribution < -0.4 is 0 Å². The zero-order valence-corrected chi connectivity index (χ0v) is 17.3. The highest BCUT2D eigenvalue weighted by molar-refractivity contribution is 5.22. The summed E-state index contributed by atoms with van der Waals surface area (Å²) in [5.74, 6) is 0. The lowest BCUT2D eigenvalue weighted by molar-refractivity contribution is 0.920. The second-order valence-corrected chi connectivity index (χ2v) is 5.73. The Kier molecular flexibility index (Phi) is 15.9. The predicted octanol–water partition coefficient (Wildman–Crippen LogP) is 7.91. The summed E-state index contributed by atoms with van der Waals surface area (Å²) < 4.78 is 0. The molecule has 0 aliphatic rings. The van der Waals surface area contributed by atoms with Crippen LogP contribution >= 0.6 is 0 Å². The SMILES string of the molecule is CC.CCCc1ccc(CC)cc1.Cc1ccccc1.c1ccccc1. The van der Waals surface area contributed by atoms with E-state index in [1.165, 1.54) is 29.5 Å². The van der Waals surface area contributed by atoms with E-state index in [-0.39, 0.29) is 0 Å². The average Bonchev–Trinajstić information content (AvgIpc) is 2.73. The molecule has 0 fully saturated rings. The van der Waals surface area contributed by atoms with Crippen LogP contribution in [0.1, 0.15) is 50.8 Å².